The number of hydrogen-bond acceptors (Lipinski definition) is 3. The SMILES string of the molecule is NCC(OC(=O)O)c1ccccc1. The zero-order valence-corrected chi connectivity index (χ0v) is 7.01. The molecule has 0 saturated carbocycles. The molecule has 1 aromatic rings. The molecule has 1 aromatic carbocycles. The van der Waals surface area contributed by atoms with E-state index in [4.69, 9.17) is 10.8 Å². The molecule has 0 amide bonds. The molecule has 0 aromatic heterocycles. The van der Waals surface area contributed by atoms with E-state index < -0.39 is 12.3 Å². The Kier molecular flexibility index (Phi) is 3.28. The van der Waals surface area contributed by atoms with Gasteiger partial charge in [-0.05, 0) is 5.56 Å². The van der Waals surface area contributed by atoms with Gasteiger partial charge in [0, 0.05) is 6.54 Å². The molecule has 1 atom stereocenters. The van der Waals surface area contributed by atoms with Crippen molar-refractivity contribution in [2.75, 3.05) is 6.54 Å². The van der Waals surface area contributed by atoms with Gasteiger partial charge in [0.1, 0.15) is 6.10 Å². The number of carbonyl (C=O) groups is 1. The maximum atomic E-state index is 10.3. The molecule has 3 N–H and O–H groups in total. The molecule has 1 rings (SSSR count). The van der Waals surface area contributed by atoms with Crippen LogP contribution in [0.15, 0.2) is 30.3 Å². The molecule has 4 heteroatoms. The average molecular weight is 181 g/mol. The van der Waals surface area contributed by atoms with Crippen molar-refractivity contribution in [2.24, 2.45) is 5.73 Å². The fraction of sp³-hybridized carbons (Fsp3) is 0.222. The number of rotatable bonds is 3. The Bertz CT molecular complexity index is 273. The van der Waals surface area contributed by atoms with E-state index in [1.807, 2.05) is 18.2 Å². The van der Waals surface area contributed by atoms with E-state index in [9.17, 15) is 4.79 Å². The van der Waals surface area contributed by atoms with Crippen molar-refractivity contribution in [3.8, 4) is 0 Å². The first-order valence-corrected chi connectivity index (χ1v) is 3.88. The van der Waals surface area contributed by atoms with E-state index in [-0.39, 0.29) is 6.54 Å². The molecule has 0 aliphatic rings. The highest BCUT2D eigenvalue weighted by molar-refractivity contribution is 5.57. The third-order valence-corrected chi connectivity index (χ3v) is 1.63. The Morgan fingerprint density at radius 3 is 2.54 bits per heavy atom. The van der Waals surface area contributed by atoms with Gasteiger partial charge in [0.2, 0.25) is 0 Å². The van der Waals surface area contributed by atoms with Gasteiger partial charge in [-0.3, -0.25) is 0 Å². The van der Waals surface area contributed by atoms with E-state index in [1.165, 1.54) is 0 Å². The lowest BCUT2D eigenvalue weighted by Gasteiger charge is -2.13. The van der Waals surface area contributed by atoms with Gasteiger partial charge in [-0.25, -0.2) is 4.79 Å². The lowest BCUT2D eigenvalue weighted by Crippen LogP contribution is -2.18. The van der Waals surface area contributed by atoms with Gasteiger partial charge in [-0.2, -0.15) is 0 Å². The van der Waals surface area contributed by atoms with Crippen molar-refractivity contribution in [3.05, 3.63) is 35.9 Å². The van der Waals surface area contributed by atoms with Gasteiger partial charge in [0.15, 0.2) is 0 Å². The summed E-state index contributed by atoms with van der Waals surface area (Å²) in [5, 5.41) is 8.40. The van der Waals surface area contributed by atoms with Crippen molar-refractivity contribution in [1.29, 1.82) is 0 Å². The standard InChI is InChI=1S/C9H11NO3/c10-6-8(13-9(11)12)7-4-2-1-3-5-7/h1-5,8H,6,10H2,(H,11,12). The van der Waals surface area contributed by atoms with Gasteiger partial charge in [-0.15, -0.1) is 0 Å². The van der Waals surface area contributed by atoms with Crippen LogP contribution in [0.5, 0.6) is 0 Å². The molecule has 13 heavy (non-hydrogen) atoms. The Balaban J connectivity index is 2.73. The molecule has 4 nitrogen and oxygen atoms in total. The minimum Gasteiger partial charge on any atom is -0.450 e. The van der Waals surface area contributed by atoms with Crippen LogP contribution >= 0.6 is 0 Å². The van der Waals surface area contributed by atoms with Gasteiger partial charge in [-0.1, -0.05) is 30.3 Å². The number of carboxylic acid groups (broad SMARTS) is 1. The van der Waals surface area contributed by atoms with Crippen molar-refractivity contribution in [3.63, 3.8) is 0 Å². The monoisotopic (exact) mass is 181 g/mol. The molecule has 0 aliphatic carbocycles. The van der Waals surface area contributed by atoms with Crippen LogP contribution in [0, 0.1) is 0 Å². The van der Waals surface area contributed by atoms with Crippen LogP contribution < -0.4 is 5.73 Å². The summed E-state index contributed by atoms with van der Waals surface area (Å²) >= 11 is 0. The second-order valence-corrected chi connectivity index (χ2v) is 2.52. The van der Waals surface area contributed by atoms with Crippen LogP contribution in [-0.2, 0) is 4.74 Å². The zero-order valence-electron chi connectivity index (χ0n) is 7.01. The van der Waals surface area contributed by atoms with Crippen LogP contribution in [0.25, 0.3) is 0 Å². The van der Waals surface area contributed by atoms with Gasteiger partial charge >= 0.3 is 6.16 Å². The highest BCUT2D eigenvalue weighted by Gasteiger charge is 2.12. The number of hydrogen-bond donors (Lipinski definition) is 2. The Morgan fingerprint density at radius 1 is 1.46 bits per heavy atom. The summed E-state index contributed by atoms with van der Waals surface area (Å²) in [6.07, 6.45) is -1.88. The Labute approximate surface area is 75.9 Å². The molecule has 0 bridgehead atoms. The lowest BCUT2D eigenvalue weighted by molar-refractivity contribution is 0.0546. The van der Waals surface area contributed by atoms with Crippen LogP contribution in [0.1, 0.15) is 11.7 Å². The molecule has 70 valence electrons. The Hall–Kier alpha value is -1.55. The number of ether oxygens (including phenoxy) is 1. The zero-order chi connectivity index (χ0) is 9.68. The second kappa shape index (κ2) is 4.47. The fourth-order valence-corrected chi connectivity index (χ4v) is 1.04. The Morgan fingerprint density at radius 2 is 2.08 bits per heavy atom. The largest absolute Gasteiger partial charge is 0.506 e. The highest BCUT2D eigenvalue weighted by atomic mass is 16.7. The summed E-state index contributed by atoms with van der Waals surface area (Å²) in [5.41, 5.74) is 6.14. The smallest absolute Gasteiger partial charge is 0.450 e. The minimum absolute atomic E-state index is 0.149. The van der Waals surface area contributed by atoms with Crippen LogP contribution in [-0.4, -0.2) is 17.8 Å². The molecule has 0 aliphatic heterocycles. The molecule has 0 heterocycles. The van der Waals surface area contributed by atoms with E-state index in [1.54, 1.807) is 12.1 Å². The van der Waals surface area contributed by atoms with Gasteiger partial charge < -0.3 is 15.6 Å². The molecule has 0 spiro atoms. The normalized spacial score (nSPS) is 12.1. The first kappa shape index (κ1) is 9.54. The first-order valence-electron chi connectivity index (χ1n) is 3.88. The van der Waals surface area contributed by atoms with Gasteiger partial charge in [0.25, 0.3) is 0 Å². The molecular formula is C9H11NO3. The van der Waals surface area contributed by atoms with Crippen LogP contribution in [0.3, 0.4) is 0 Å². The van der Waals surface area contributed by atoms with E-state index in [0.29, 0.717) is 0 Å². The molecule has 0 radical (unpaired) electrons. The third kappa shape index (κ3) is 2.76. The third-order valence-electron chi connectivity index (χ3n) is 1.63. The minimum atomic E-state index is -1.31. The maximum absolute atomic E-state index is 10.3. The van der Waals surface area contributed by atoms with Gasteiger partial charge in [0.05, 0.1) is 0 Å². The summed E-state index contributed by atoms with van der Waals surface area (Å²) in [6.45, 7) is 0.149. The average Bonchev–Trinajstić information content (AvgIpc) is 2.15. The predicted octanol–water partition coefficient (Wildman–Crippen LogP) is 1.38. The summed E-state index contributed by atoms with van der Waals surface area (Å²) in [4.78, 5) is 10.3. The van der Waals surface area contributed by atoms with Crippen molar-refractivity contribution in [2.45, 2.75) is 6.10 Å². The quantitative estimate of drug-likeness (QED) is 0.691. The summed E-state index contributed by atoms with van der Waals surface area (Å²) < 4.78 is 4.58. The number of benzene rings is 1. The van der Waals surface area contributed by atoms with Crippen LogP contribution in [0.2, 0.25) is 0 Å². The molecule has 1 unspecified atom stereocenters. The molecule has 0 saturated heterocycles. The highest BCUT2D eigenvalue weighted by Crippen LogP contribution is 2.15. The van der Waals surface area contributed by atoms with E-state index >= 15 is 0 Å². The van der Waals surface area contributed by atoms with Crippen LogP contribution in [0.4, 0.5) is 4.79 Å². The summed E-state index contributed by atoms with van der Waals surface area (Å²) in [5.74, 6) is 0. The summed E-state index contributed by atoms with van der Waals surface area (Å²) in [6, 6.07) is 9.02. The topological polar surface area (TPSA) is 72.5 Å². The van der Waals surface area contributed by atoms with E-state index in [0.717, 1.165) is 5.56 Å². The fourth-order valence-electron chi connectivity index (χ4n) is 1.04. The van der Waals surface area contributed by atoms with Crippen molar-refractivity contribution < 1.29 is 14.6 Å². The maximum Gasteiger partial charge on any atom is 0.506 e. The van der Waals surface area contributed by atoms with Crippen molar-refractivity contribution in [1.82, 2.24) is 0 Å². The predicted molar refractivity (Wildman–Crippen MR) is 47.3 cm³/mol. The molecule has 0 fully saturated rings. The van der Waals surface area contributed by atoms with E-state index in [2.05, 4.69) is 4.74 Å². The molecular weight excluding hydrogens is 170 g/mol. The first-order chi connectivity index (χ1) is 6.24. The number of nitrogens with two attached hydrogens (primary N) is 1. The second-order valence-electron chi connectivity index (χ2n) is 2.52. The summed E-state index contributed by atoms with van der Waals surface area (Å²) in [7, 11) is 0. The lowest BCUT2D eigenvalue weighted by atomic mass is 10.1. The van der Waals surface area contributed by atoms with Crippen molar-refractivity contribution >= 4 is 6.16 Å².